The number of pyridine rings is 1. The highest BCUT2D eigenvalue weighted by atomic mass is 16.1. The molecule has 1 heterocycles. The van der Waals surface area contributed by atoms with Gasteiger partial charge in [0, 0.05) is 13.6 Å². The Hall–Kier alpha value is -1.78. The van der Waals surface area contributed by atoms with Gasteiger partial charge in [-0.15, -0.1) is 0 Å². The number of amides is 1. The summed E-state index contributed by atoms with van der Waals surface area (Å²) in [5.74, 6) is 0.835. The van der Waals surface area contributed by atoms with Crippen LogP contribution in [0.3, 0.4) is 0 Å². The first-order chi connectivity index (χ1) is 8.58. The molecule has 1 aliphatic rings. The van der Waals surface area contributed by atoms with E-state index in [1.54, 1.807) is 12.3 Å². The first kappa shape index (κ1) is 12.7. The molecule has 5 heteroatoms. The molecule has 1 aromatic rings. The van der Waals surface area contributed by atoms with Crippen LogP contribution in [0.2, 0.25) is 0 Å². The second-order valence-corrected chi connectivity index (χ2v) is 5.04. The van der Waals surface area contributed by atoms with Crippen LogP contribution >= 0.6 is 0 Å². The Kier molecular flexibility index (Phi) is 3.69. The fraction of sp³-hybridized carbons (Fsp3) is 0.538. The minimum Gasteiger partial charge on any atom is -0.397 e. The van der Waals surface area contributed by atoms with E-state index >= 15 is 0 Å². The van der Waals surface area contributed by atoms with Crippen LogP contribution in [-0.2, 0) is 0 Å². The number of primary amides is 1. The second-order valence-electron chi connectivity index (χ2n) is 5.04. The normalized spacial score (nSPS) is 15.8. The third-order valence-electron chi connectivity index (χ3n) is 3.52. The Morgan fingerprint density at radius 2 is 2.17 bits per heavy atom. The minimum absolute atomic E-state index is 0.399. The summed E-state index contributed by atoms with van der Waals surface area (Å²) >= 11 is 0. The Labute approximate surface area is 107 Å². The lowest BCUT2D eigenvalue weighted by atomic mass is 10.1. The van der Waals surface area contributed by atoms with Gasteiger partial charge in [0.25, 0.3) is 5.91 Å². The van der Waals surface area contributed by atoms with E-state index in [9.17, 15) is 4.79 Å². The van der Waals surface area contributed by atoms with Gasteiger partial charge in [-0.2, -0.15) is 0 Å². The molecule has 4 N–H and O–H groups in total. The van der Waals surface area contributed by atoms with Crippen molar-refractivity contribution in [3.63, 3.8) is 0 Å². The van der Waals surface area contributed by atoms with E-state index in [0.717, 1.165) is 6.54 Å². The zero-order valence-electron chi connectivity index (χ0n) is 10.7. The molecule has 0 radical (unpaired) electrons. The number of anilines is 2. The summed E-state index contributed by atoms with van der Waals surface area (Å²) in [6.07, 6.45) is 6.68. The first-order valence-electron chi connectivity index (χ1n) is 6.34. The fourth-order valence-corrected chi connectivity index (χ4v) is 2.63. The zero-order chi connectivity index (χ0) is 13.1. The van der Waals surface area contributed by atoms with Crippen LogP contribution in [0, 0.1) is 5.92 Å². The molecule has 0 saturated heterocycles. The fourth-order valence-electron chi connectivity index (χ4n) is 2.63. The lowest BCUT2D eigenvalue weighted by Gasteiger charge is -2.23. The number of nitrogens with two attached hydrogens (primary N) is 2. The first-order valence-corrected chi connectivity index (χ1v) is 6.34. The van der Waals surface area contributed by atoms with Crippen LogP contribution < -0.4 is 16.4 Å². The third kappa shape index (κ3) is 2.72. The highest BCUT2D eigenvalue weighted by Crippen LogP contribution is 2.27. The lowest BCUT2D eigenvalue weighted by molar-refractivity contribution is 0.100. The van der Waals surface area contributed by atoms with Crippen LogP contribution in [0.15, 0.2) is 12.3 Å². The number of rotatable bonds is 4. The van der Waals surface area contributed by atoms with Gasteiger partial charge in [0.2, 0.25) is 0 Å². The van der Waals surface area contributed by atoms with E-state index in [2.05, 4.69) is 4.98 Å². The van der Waals surface area contributed by atoms with Crippen molar-refractivity contribution in [1.82, 2.24) is 4.98 Å². The molecule has 98 valence electrons. The van der Waals surface area contributed by atoms with Crippen molar-refractivity contribution in [2.24, 2.45) is 11.7 Å². The summed E-state index contributed by atoms with van der Waals surface area (Å²) in [7, 11) is 1.95. The van der Waals surface area contributed by atoms with Gasteiger partial charge in [-0.25, -0.2) is 4.98 Å². The molecule has 1 saturated carbocycles. The van der Waals surface area contributed by atoms with Gasteiger partial charge in [-0.1, -0.05) is 12.8 Å². The molecule has 0 aromatic carbocycles. The second kappa shape index (κ2) is 5.25. The molecule has 1 aromatic heterocycles. The Balaban J connectivity index is 2.17. The summed E-state index contributed by atoms with van der Waals surface area (Å²) in [4.78, 5) is 17.7. The van der Waals surface area contributed by atoms with Crippen molar-refractivity contribution >= 4 is 17.4 Å². The van der Waals surface area contributed by atoms with Gasteiger partial charge in [0.1, 0.15) is 5.82 Å². The smallest absolute Gasteiger partial charge is 0.252 e. The van der Waals surface area contributed by atoms with E-state index in [0.29, 0.717) is 23.0 Å². The van der Waals surface area contributed by atoms with Gasteiger partial charge in [-0.3, -0.25) is 4.79 Å². The lowest BCUT2D eigenvalue weighted by Crippen LogP contribution is -2.28. The number of nitrogens with zero attached hydrogens (tertiary/aromatic N) is 2. The van der Waals surface area contributed by atoms with Crippen molar-refractivity contribution in [3.8, 4) is 0 Å². The Morgan fingerprint density at radius 1 is 1.50 bits per heavy atom. The van der Waals surface area contributed by atoms with Crippen LogP contribution in [0.5, 0.6) is 0 Å². The average molecular weight is 248 g/mol. The molecule has 1 fully saturated rings. The molecule has 0 atom stereocenters. The van der Waals surface area contributed by atoms with Crippen molar-refractivity contribution in [2.75, 3.05) is 24.2 Å². The molecule has 1 amide bonds. The van der Waals surface area contributed by atoms with Crippen LogP contribution in [0.25, 0.3) is 0 Å². The molecular weight excluding hydrogens is 228 g/mol. The standard InChI is InChI=1S/C13H20N4O/c1-17(8-9-4-2-3-5-9)13-11(12(15)18)6-10(14)7-16-13/h6-7,9H,2-5,8,14H2,1H3,(H2,15,18). The largest absolute Gasteiger partial charge is 0.397 e. The maximum absolute atomic E-state index is 11.4. The average Bonchev–Trinajstić information content (AvgIpc) is 2.81. The summed E-state index contributed by atoms with van der Waals surface area (Å²) in [6.45, 7) is 0.914. The van der Waals surface area contributed by atoms with Crippen molar-refractivity contribution in [2.45, 2.75) is 25.7 Å². The zero-order valence-corrected chi connectivity index (χ0v) is 10.7. The molecule has 1 aliphatic carbocycles. The molecule has 0 unspecified atom stereocenters. The van der Waals surface area contributed by atoms with Crippen LogP contribution in [0.4, 0.5) is 11.5 Å². The molecular formula is C13H20N4O. The summed E-state index contributed by atoms with van der Waals surface area (Å²) in [5.41, 5.74) is 11.9. The Bertz CT molecular complexity index is 441. The molecule has 2 rings (SSSR count). The van der Waals surface area contributed by atoms with Gasteiger partial charge in [0.15, 0.2) is 0 Å². The van der Waals surface area contributed by atoms with Crippen molar-refractivity contribution < 1.29 is 4.79 Å². The summed E-state index contributed by atoms with van der Waals surface area (Å²) in [6, 6.07) is 1.59. The number of nitrogen functional groups attached to an aromatic ring is 1. The number of carbonyl (C=O) groups is 1. The van der Waals surface area contributed by atoms with Crippen molar-refractivity contribution in [1.29, 1.82) is 0 Å². The molecule has 0 aliphatic heterocycles. The SMILES string of the molecule is CN(CC1CCCC1)c1ncc(N)cc1C(N)=O. The maximum Gasteiger partial charge on any atom is 0.252 e. The number of hydrogen-bond acceptors (Lipinski definition) is 4. The van der Waals surface area contributed by atoms with E-state index in [1.165, 1.54) is 25.7 Å². The van der Waals surface area contributed by atoms with Gasteiger partial charge >= 0.3 is 0 Å². The topological polar surface area (TPSA) is 85.2 Å². The van der Waals surface area contributed by atoms with Crippen molar-refractivity contribution in [3.05, 3.63) is 17.8 Å². The van der Waals surface area contributed by atoms with Gasteiger partial charge in [-0.05, 0) is 24.8 Å². The minimum atomic E-state index is -0.483. The summed E-state index contributed by atoms with van der Waals surface area (Å²) in [5, 5.41) is 0. The number of aromatic nitrogens is 1. The number of hydrogen-bond donors (Lipinski definition) is 2. The highest BCUT2D eigenvalue weighted by molar-refractivity contribution is 5.98. The maximum atomic E-state index is 11.4. The molecule has 0 spiro atoms. The quantitative estimate of drug-likeness (QED) is 0.843. The highest BCUT2D eigenvalue weighted by Gasteiger charge is 2.20. The third-order valence-corrected chi connectivity index (χ3v) is 3.52. The van der Waals surface area contributed by atoms with Crippen LogP contribution in [-0.4, -0.2) is 24.5 Å². The molecule has 18 heavy (non-hydrogen) atoms. The van der Waals surface area contributed by atoms with Gasteiger partial charge < -0.3 is 16.4 Å². The van der Waals surface area contributed by atoms with Gasteiger partial charge in [0.05, 0.1) is 17.4 Å². The van der Waals surface area contributed by atoms with Crippen LogP contribution in [0.1, 0.15) is 36.0 Å². The number of carbonyl (C=O) groups excluding carboxylic acids is 1. The molecule has 0 bridgehead atoms. The molecule has 5 nitrogen and oxygen atoms in total. The van der Waals surface area contributed by atoms with E-state index in [1.807, 2.05) is 11.9 Å². The van der Waals surface area contributed by atoms with E-state index in [-0.39, 0.29) is 0 Å². The summed E-state index contributed by atoms with van der Waals surface area (Å²) < 4.78 is 0. The Morgan fingerprint density at radius 3 is 2.78 bits per heavy atom. The predicted octanol–water partition coefficient (Wildman–Crippen LogP) is 1.39. The van der Waals surface area contributed by atoms with E-state index in [4.69, 9.17) is 11.5 Å². The predicted molar refractivity (Wildman–Crippen MR) is 72.4 cm³/mol. The monoisotopic (exact) mass is 248 g/mol. The van der Waals surface area contributed by atoms with E-state index < -0.39 is 5.91 Å².